The Bertz CT molecular complexity index is 1070. The average Bonchev–Trinajstić information content (AvgIpc) is 3.32. The number of benzene rings is 2. The van der Waals surface area contributed by atoms with Crippen LogP contribution in [-0.4, -0.2) is 33.4 Å². The number of hydrogen-bond acceptors (Lipinski definition) is 4. The lowest BCUT2D eigenvalue weighted by Gasteiger charge is -2.24. The third-order valence-electron chi connectivity index (χ3n) is 5.53. The van der Waals surface area contributed by atoms with Crippen molar-refractivity contribution in [1.29, 1.82) is 0 Å². The number of thioether (sulfide) groups is 1. The lowest BCUT2D eigenvalue weighted by molar-refractivity contribution is -0.129. The number of unbranched alkanes of at least 4 members (excludes halogenated alkanes) is 1. The number of carbonyl (C=O) groups is 1. The van der Waals surface area contributed by atoms with Crippen LogP contribution in [0.3, 0.4) is 0 Å². The second-order valence-corrected chi connectivity index (χ2v) is 8.74. The predicted molar refractivity (Wildman–Crippen MR) is 122 cm³/mol. The second-order valence-electron chi connectivity index (χ2n) is 7.66. The largest absolute Gasteiger partial charge is 0.341 e. The third-order valence-corrected chi connectivity index (χ3v) is 6.76. The van der Waals surface area contributed by atoms with Gasteiger partial charge in [0, 0.05) is 19.6 Å². The molecule has 4 rings (SSSR count). The van der Waals surface area contributed by atoms with E-state index in [1.54, 1.807) is 4.57 Å². The van der Waals surface area contributed by atoms with E-state index in [9.17, 15) is 9.59 Å². The van der Waals surface area contributed by atoms with E-state index in [0.29, 0.717) is 22.6 Å². The van der Waals surface area contributed by atoms with Gasteiger partial charge in [0.1, 0.15) is 5.25 Å². The molecule has 1 fully saturated rings. The Balaban J connectivity index is 1.78. The first kappa shape index (κ1) is 20.7. The minimum atomic E-state index is -0.412. The summed E-state index contributed by atoms with van der Waals surface area (Å²) in [6, 6.07) is 17.3. The summed E-state index contributed by atoms with van der Waals surface area (Å²) in [5.41, 5.74) is 1.60. The van der Waals surface area contributed by atoms with Crippen molar-refractivity contribution >= 4 is 28.6 Å². The summed E-state index contributed by atoms with van der Waals surface area (Å²) in [6.07, 6.45) is 3.97. The van der Waals surface area contributed by atoms with Gasteiger partial charge in [-0.05, 0) is 37.0 Å². The number of amides is 1. The van der Waals surface area contributed by atoms with Crippen LogP contribution in [0.4, 0.5) is 0 Å². The van der Waals surface area contributed by atoms with Crippen molar-refractivity contribution < 1.29 is 4.79 Å². The number of likely N-dealkylation sites (tertiary alicyclic amines) is 1. The zero-order valence-electron chi connectivity index (χ0n) is 17.3. The molecule has 2 aromatic carbocycles. The number of para-hydroxylation sites is 1. The van der Waals surface area contributed by atoms with Gasteiger partial charge in [-0.1, -0.05) is 67.6 Å². The van der Waals surface area contributed by atoms with Crippen molar-refractivity contribution in [3.8, 4) is 0 Å². The number of nitrogens with zero attached hydrogens (tertiary/aromatic N) is 3. The van der Waals surface area contributed by atoms with E-state index in [2.05, 4.69) is 6.92 Å². The van der Waals surface area contributed by atoms with Crippen LogP contribution in [0, 0.1) is 0 Å². The van der Waals surface area contributed by atoms with E-state index >= 15 is 0 Å². The minimum Gasteiger partial charge on any atom is -0.341 e. The second kappa shape index (κ2) is 9.47. The maximum atomic E-state index is 13.4. The summed E-state index contributed by atoms with van der Waals surface area (Å²) in [7, 11) is 0. The van der Waals surface area contributed by atoms with Crippen molar-refractivity contribution in [3.63, 3.8) is 0 Å². The van der Waals surface area contributed by atoms with Crippen LogP contribution in [0.15, 0.2) is 64.5 Å². The van der Waals surface area contributed by atoms with E-state index in [-0.39, 0.29) is 11.5 Å². The molecule has 0 radical (unpaired) electrons. The standard InChI is InChI=1S/C24H27N3O2S/c1-2-3-17-27-22(28)19-13-7-8-14-20(19)25-24(27)30-21(18-11-5-4-6-12-18)23(29)26-15-9-10-16-26/h4-8,11-14,21H,2-3,9-10,15-17H2,1H3/t21-/m1/s1. The van der Waals surface area contributed by atoms with E-state index in [1.807, 2.05) is 59.5 Å². The molecule has 30 heavy (non-hydrogen) atoms. The molecule has 1 aromatic heterocycles. The average molecular weight is 422 g/mol. The van der Waals surface area contributed by atoms with Crippen LogP contribution in [-0.2, 0) is 11.3 Å². The molecule has 0 N–H and O–H groups in total. The lowest BCUT2D eigenvalue weighted by Crippen LogP contribution is -2.32. The maximum Gasteiger partial charge on any atom is 0.262 e. The molecule has 156 valence electrons. The van der Waals surface area contributed by atoms with Crippen molar-refractivity contribution in [3.05, 3.63) is 70.5 Å². The van der Waals surface area contributed by atoms with Gasteiger partial charge in [0.15, 0.2) is 5.16 Å². The maximum absolute atomic E-state index is 13.4. The van der Waals surface area contributed by atoms with Crippen molar-refractivity contribution in [1.82, 2.24) is 14.5 Å². The minimum absolute atomic E-state index is 0.0306. The molecule has 2 heterocycles. The molecular formula is C24H27N3O2S. The molecule has 1 aliphatic heterocycles. The molecule has 1 amide bonds. The molecule has 0 bridgehead atoms. The van der Waals surface area contributed by atoms with Gasteiger partial charge in [-0.2, -0.15) is 0 Å². The van der Waals surface area contributed by atoms with Gasteiger partial charge in [0.25, 0.3) is 5.56 Å². The van der Waals surface area contributed by atoms with Gasteiger partial charge in [0.05, 0.1) is 10.9 Å². The number of carbonyl (C=O) groups excluding carboxylic acids is 1. The molecule has 6 heteroatoms. The first-order valence-corrected chi connectivity index (χ1v) is 11.6. The summed E-state index contributed by atoms with van der Waals surface area (Å²) < 4.78 is 1.75. The molecule has 1 saturated heterocycles. The fourth-order valence-electron chi connectivity index (χ4n) is 3.85. The lowest BCUT2D eigenvalue weighted by atomic mass is 10.1. The van der Waals surface area contributed by atoms with E-state index in [1.165, 1.54) is 11.8 Å². The van der Waals surface area contributed by atoms with Gasteiger partial charge in [-0.25, -0.2) is 4.98 Å². The zero-order valence-corrected chi connectivity index (χ0v) is 18.1. The Morgan fingerprint density at radius 1 is 1.07 bits per heavy atom. The molecule has 3 aromatic rings. The van der Waals surface area contributed by atoms with Crippen LogP contribution in [0.2, 0.25) is 0 Å². The zero-order chi connectivity index (χ0) is 20.9. The van der Waals surface area contributed by atoms with Gasteiger partial charge in [-0.15, -0.1) is 0 Å². The van der Waals surface area contributed by atoms with Crippen LogP contribution in [0.5, 0.6) is 0 Å². The molecular weight excluding hydrogens is 394 g/mol. The van der Waals surface area contributed by atoms with E-state index < -0.39 is 5.25 Å². The smallest absolute Gasteiger partial charge is 0.262 e. The van der Waals surface area contributed by atoms with Crippen molar-refractivity contribution in [2.75, 3.05) is 13.1 Å². The molecule has 5 nitrogen and oxygen atoms in total. The number of fused-ring (bicyclic) bond motifs is 1. The van der Waals surface area contributed by atoms with Gasteiger partial charge >= 0.3 is 0 Å². The third kappa shape index (κ3) is 4.29. The monoisotopic (exact) mass is 421 g/mol. The molecule has 1 atom stereocenters. The molecule has 1 aliphatic rings. The quantitative estimate of drug-likeness (QED) is 0.412. The summed E-state index contributed by atoms with van der Waals surface area (Å²) >= 11 is 1.40. The van der Waals surface area contributed by atoms with Gasteiger partial charge in [0.2, 0.25) is 5.91 Å². The summed E-state index contributed by atoms with van der Waals surface area (Å²) in [5.74, 6) is 0.105. The SMILES string of the molecule is CCCCn1c(S[C@@H](C(=O)N2CCCC2)c2ccccc2)nc2ccccc2c1=O. The Hall–Kier alpha value is -2.60. The van der Waals surface area contributed by atoms with E-state index in [4.69, 9.17) is 4.98 Å². The first-order chi connectivity index (χ1) is 14.7. The summed E-state index contributed by atoms with van der Waals surface area (Å²) in [6.45, 7) is 4.32. The normalized spacial score (nSPS) is 14.9. The number of rotatable bonds is 7. The van der Waals surface area contributed by atoms with Crippen molar-refractivity contribution in [2.24, 2.45) is 0 Å². The molecule has 0 saturated carbocycles. The Morgan fingerprint density at radius 2 is 1.77 bits per heavy atom. The Labute approximate surface area is 181 Å². The van der Waals surface area contributed by atoms with Crippen LogP contribution in [0.1, 0.15) is 43.4 Å². The fraction of sp³-hybridized carbons (Fsp3) is 0.375. The topological polar surface area (TPSA) is 55.2 Å². The van der Waals surface area contributed by atoms with Crippen LogP contribution >= 0.6 is 11.8 Å². The summed E-state index contributed by atoms with van der Waals surface area (Å²) in [5, 5.41) is 0.832. The first-order valence-electron chi connectivity index (χ1n) is 10.7. The highest BCUT2D eigenvalue weighted by molar-refractivity contribution is 8.00. The molecule has 0 aliphatic carbocycles. The molecule has 0 spiro atoms. The Morgan fingerprint density at radius 3 is 2.50 bits per heavy atom. The van der Waals surface area contributed by atoms with Crippen molar-refractivity contribution in [2.45, 2.75) is 49.6 Å². The van der Waals surface area contributed by atoms with Gasteiger partial charge in [-0.3, -0.25) is 14.2 Å². The number of hydrogen-bond donors (Lipinski definition) is 0. The summed E-state index contributed by atoms with van der Waals surface area (Å²) in [4.78, 5) is 33.4. The molecule has 0 unspecified atom stereocenters. The highest BCUT2D eigenvalue weighted by Crippen LogP contribution is 2.36. The van der Waals surface area contributed by atoms with Crippen LogP contribution < -0.4 is 5.56 Å². The highest BCUT2D eigenvalue weighted by Gasteiger charge is 2.30. The fourth-order valence-corrected chi connectivity index (χ4v) is 5.06. The Kier molecular flexibility index (Phi) is 6.53. The van der Waals surface area contributed by atoms with Crippen LogP contribution in [0.25, 0.3) is 10.9 Å². The predicted octanol–water partition coefficient (Wildman–Crippen LogP) is 4.65. The van der Waals surface area contributed by atoms with Gasteiger partial charge < -0.3 is 4.90 Å². The highest BCUT2D eigenvalue weighted by atomic mass is 32.2. The van der Waals surface area contributed by atoms with E-state index in [0.717, 1.165) is 44.3 Å². The number of aromatic nitrogens is 2.